The van der Waals surface area contributed by atoms with Gasteiger partial charge in [0, 0.05) is 23.5 Å². The van der Waals surface area contributed by atoms with Gasteiger partial charge in [-0.15, -0.1) is 0 Å². The maximum absolute atomic E-state index is 13.0. The maximum Gasteiger partial charge on any atom is 0.133 e. The first-order chi connectivity index (χ1) is 9.51. The Morgan fingerprint density at radius 3 is 2.50 bits per heavy atom. The van der Waals surface area contributed by atoms with E-state index in [1.54, 1.807) is 24.3 Å². The van der Waals surface area contributed by atoms with Crippen molar-refractivity contribution in [1.82, 2.24) is 4.98 Å². The molecule has 0 atom stereocenters. The van der Waals surface area contributed by atoms with E-state index in [1.807, 2.05) is 18.7 Å². The SMILES string of the molecule is CCN(c1ccc(F)cc1)c1cc(C(=N)N)cc(C)n1. The highest BCUT2D eigenvalue weighted by Gasteiger charge is 2.11. The molecule has 104 valence electrons. The molecule has 0 fully saturated rings. The molecule has 2 rings (SSSR count). The number of aromatic nitrogens is 1. The van der Waals surface area contributed by atoms with Crippen LogP contribution >= 0.6 is 0 Å². The molecule has 0 saturated carbocycles. The lowest BCUT2D eigenvalue weighted by Crippen LogP contribution is -2.19. The number of halogens is 1. The third-order valence-corrected chi connectivity index (χ3v) is 2.98. The minimum atomic E-state index is -0.272. The number of nitrogens with zero attached hydrogens (tertiary/aromatic N) is 2. The molecule has 1 heterocycles. The van der Waals surface area contributed by atoms with Gasteiger partial charge >= 0.3 is 0 Å². The summed E-state index contributed by atoms with van der Waals surface area (Å²) in [6.07, 6.45) is 0. The van der Waals surface area contributed by atoms with E-state index in [9.17, 15) is 4.39 Å². The Morgan fingerprint density at radius 2 is 1.95 bits per heavy atom. The summed E-state index contributed by atoms with van der Waals surface area (Å²) in [4.78, 5) is 6.41. The topological polar surface area (TPSA) is 66.0 Å². The Labute approximate surface area is 117 Å². The molecule has 0 spiro atoms. The molecule has 0 aliphatic heterocycles. The molecule has 3 N–H and O–H groups in total. The monoisotopic (exact) mass is 272 g/mol. The summed E-state index contributed by atoms with van der Waals surface area (Å²) in [5, 5.41) is 7.54. The number of hydrogen-bond acceptors (Lipinski definition) is 3. The number of benzene rings is 1. The molecular weight excluding hydrogens is 255 g/mol. The molecule has 0 aliphatic rings. The van der Waals surface area contributed by atoms with E-state index in [2.05, 4.69) is 4.98 Å². The number of rotatable bonds is 4. The van der Waals surface area contributed by atoms with Gasteiger partial charge in [-0.1, -0.05) is 0 Å². The lowest BCUT2D eigenvalue weighted by atomic mass is 10.2. The Balaban J connectivity index is 2.46. The normalized spacial score (nSPS) is 10.3. The maximum atomic E-state index is 13.0. The van der Waals surface area contributed by atoms with Crippen LogP contribution in [0.5, 0.6) is 0 Å². The van der Waals surface area contributed by atoms with E-state index in [-0.39, 0.29) is 11.7 Å². The molecule has 20 heavy (non-hydrogen) atoms. The molecule has 0 amide bonds. The molecule has 2 aromatic rings. The molecule has 1 aromatic heterocycles. The summed E-state index contributed by atoms with van der Waals surface area (Å²) in [6.45, 7) is 4.52. The standard InChI is InChI=1S/C15H17FN4/c1-3-20(13-6-4-12(16)5-7-13)14-9-11(15(17)18)8-10(2)19-14/h4-9H,3H2,1-2H3,(H3,17,18). The second kappa shape index (κ2) is 5.69. The summed E-state index contributed by atoms with van der Waals surface area (Å²) in [6, 6.07) is 9.78. The van der Waals surface area contributed by atoms with Gasteiger partial charge in [-0.05, 0) is 50.2 Å². The first kappa shape index (κ1) is 14.0. The number of nitrogens with two attached hydrogens (primary N) is 1. The van der Waals surface area contributed by atoms with Crippen LogP contribution in [-0.4, -0.2) is 17.4 Å². The Hall–Kier alpha value is -2.43. The van der Waals surface area contributed by atoms with Crippen molar-refractivity contribution in [3.63, 3.8) is 0 Å². The van der Waals surface area contributed by atoms with E-state index < -0.39 is 0 Å². The van der Waals surface area contributed by atoms with E-state index in [4.69, 9.17) is 11.1 Å². The van der Waals surface area contributed by atoms with Crippen molar-refractivity contribution in [2.45, 2.75) is 13.8 Å². The number of aryl methyl sites for hydroxylation is 1. The minimum absolute atomic E-state index is 0.00640. The van der Waals surface area contributed by atoms with Gasteiger partial charge in [0.05, 0.1) is 0 Å². The van der Waals surface area contributed by atoms with Crippen LogP contribution in [0.4, 0.5) is 15.9 Å². The second-order valence-electron chi connectivity index (χ2n) is 4.49. The van der Waals surface area contributed by atoms with Gasteiger partial charge in [-0.25, -0.2) is 9.37 Å². The minimum Gasteiger partial charge on any atom is -0.384 e. The van der Waals surface area contributed by atoms with Crippen molar-refractivity contribution in [2.75, 3.05) is 11.4 Å². The molecule has 0 bridgehead atoms. The van der Waals surface area contributed by atoms with Gasteiger partial charge in [0.2, 0.25) is 0 Å². The lowest BCUT2D eigenvalue weighted by molar-refractivity contribution is 0.628. The van der Waals surface area contributed by atoms with Gasteiger partial charge < -0.3 is 10.6 Å². The fraction of sp³-hybridized carbons (Fsp3) is 0.200. The number of nitrogens with one attached hydrogen (secondary N) is 1. The smallest absolute Gasteiger partial charge is 0.133 e. The zero-order chi connectivity index (χ0) is 14.7. The summed E-state index contributed by atoms with van der Waals surface area (Å²) < 4.78 is 13.0. The lowest BCUT2D eigenvalue weighted by Gasteiger charge is -2.23. The van der Waals surface area contributed by atoms with Gasteiger partial charge in [0.1, 0.15) is 17.5 Å². The molecule has 0 saturated heterocycles. The van der Waals surface area contributed by atoms with Crippen LogP contribution in [0, 0.1) is 18.2 Å². The van der Waals surface area contributed by atoms with Gasteiger partial charge in [-0.2, -0.15) is 0 Å². The molecular formula is C15H17FN4. The highest BCUT2D eigenvalue weighted by Crippen LogP contribution is 2.24. The Kier molecular flexibility index (Phi) is 3.98. The van der Waals surface area contributed by atoms with Crippen LogP contribution in [-0.2, 0) is 0 Å². The zero-order valence-electron chi connectivity index (χ0n) is 11.5. The van der Waals surface area contributed by atoms with Crippen molar-refractivity contribution >= 4 is 17.3 Å². The molecule has 0 unspecified atom stereocenters. The Bertz CT molecular complexity index is 622. The van der Waals surface area contributed by atoms with Crippen LogP contribution in [0.15, 0.2) is 36.4 Å². The molecule has 0 aliphatic carbocycles. The average Bonchev–Trinajstić information content (AvgIpc) is 2.41. The predicted molar refractivity (Wildman–Crippen MR) is 79.1 cm³/mol. The van der Waals surface area contributed by atoms with Gasteiger partial charge in [0.25, 0.3) is 0 Å². The van der Waals surface area contributed by atoms with Crippen molar-refractivity contribution in [3.8, 4) is 0 Å². The fourth-order valence-electron chi connectivity index (χ4n) is 2.04. The van der Waals surface area contributed by atoms with Crippen LogP contribution in [0.1, 0.15) is 18.2 Å². The van der Waals surface area contributed by atoms with Crippen LogP contribution in [0.2, 0.25) is 0 Å². The van der Waals surface area contributed by atoms with Crippen molar-refractivity contribution < 1.29 is 4.39 Å². The van der Waals surface area contributed by atoms with E-state index >= 15 is 0 Å². The van der Waals surface area contributed by atoms with Crippen LogP contribution in [0.3, 0.4) is 0 Å². The second-order valence-corrected chi connectivity index (χ2v) is 4.49. The van der Waals surface area contributed by atoms with Crippen molar-refractivity contribution in [2.24, 2.45) is 5.73 Å². The number of nitrogen functional groups attached to an aromatic ring is 1. The molecule has 4 nitrogen and oxygen atoms in total. The number of hydrogen-bond donors (Lipinski definition) is 2. The molecule has 5 heteroatoms. The first-order valence-corrected chi connectivity index (χ1v) is 6.37. The van der Waals surface area contributed by atoms with E-state index in [0.29, 0.717) is 17.9 Å². The van der Waals surface area contributed by atoms with Crippen molar-refractivity contribution in [3.05, 3.63) is 53.5 Å². The zero-order valence-corrected chi connectivity index (χ0v) is 11.5. The molecule has 1 aromatic carbocycles. The first-order valence-electron chi connectivity index (χ1n) is 6.37. The van der Waals surface area contributed by atoms with E-state index in [1.165, 1.54) is 12.1 Å². The number of amidine groups is 1. The van der Waals surface area contributed by atoms with Gasteiger partial charge in [0.15, 0.2) is 0 Å². The third kappa shape index (κ3) is 2.93. The third-order valence-electron chi connectivity index (χ3n) is 2.98. The summed E-state index contributed by atoms with van der Waals surface area (Å²) in [5.74, 6) is 0.433. The van der Waals surface area contributed by atoms with Crippen LogP contribution in [0.25, 0.3) is 0 Å². The van der Waals surface area contributed by atoms with Crippen LogP contribution < -0.4 is 10.6 Å². The number of pyridine rings is 1. The van der Waals surface area contributed by atoms with E-state index in [0.717, 1.165) is 11.4 Å². The highest BCUT2D eigenvalue weighted by atomic mass is 19.1. The average molecular weight is 272 g/mol. The highest BCUT2D eigenvalue weighted by molar-refractivity contribution is 5.95. The largest absolute Gasteiger partial charge is 0.384 e. The van der Waals surface area contributed by atoms with Gasteiger partial charge in [-0.3, -0.25) is 5.41 Å². The summed E-state index contributed by atoms with van der Waals surface area (Å²) >= 11 is 0. The number of anilines is 2. The summed E-state index contributed by atoms with van der Waals surface area (Å²) in [7, 11) is 0. The predicted octanol–water partition coefficient (Wildman–Crippen LogP) is 2.97. The summed E-state index contributed by atoms with van der Waals surface area (Å²) in [5.41, 5.74) is 7.81. The fourth-order valence-corrected chi connectivity index (χ4v) is 2.04. The van der Waals surface area contributed by atoms with Crippen molar-refractivity contribution in [1.29, 1.82) is 5.41 Å². The quantitative estimate of drug-likeness (QED) is 0.664. The molecule has 0 radical (unpaired) electrons. The Morgan fingerprint density at radius 1 is 1.30 bits per heavy atom.